The maximum absolute atomic E-state index is 12.1. The zero-order chi connectivity index (χ0) is 12.3. The lowest BCUT2D eigenvalue weighted by atomic mass is 9.96. The number of hydrogen-bond acceptors (Lipinski definition) is 3. The first-order valence-corrected chi connectivity index (χ1v) is 5.69. The van der Waals surface area contributed by atoms with Crippen LogP contribution in [0.2, 0.25) is 0 Å². The van der Waals surface area contributed by atoms with Gasteiger partial charge in [-0.3, -0.25) is 4.79 Å². The maximum atomic E-state index is 12.1. The third-order valence-corrected chi connectivity index (χ3v) is 3.32. The van der Waals surface area contributed by atoms with Crippen molar-refractivity contribution in [3.8, 4) is 0 Å². The molecular formula is C11H20N2O3. The molecule has 0 aromatic heterocycles. The molecule has 2 N–H and O–H groups in total. The number of nitrogens with one attached hydrogen (secondary N) is 1. The lowest BCUT2D eigenvalue weighted by molar-refractivity contribution is -0.151. The number of carboxylic acids is 1. The van der Waals surface area contributed by atoms with Gasteiger partial charge in [0.15, 0.2) is 0 Å². The summed E-state index contributed by atoms with van der Waals surface area (Å²) < 4.78 is 0. The second kappa shape index (κ2) is 5.30. The minimum absolute atomic E-state index is 0.0632. The van der Waals surface area contributed by atoms with E-state index in [0.29, 0.717) is 13.0 Å². The van der Waals surface area contributed by atoms with Crippen molar-refractivity contribution in [1.29, 1.82) is 0 Å². The van der Waals surface area contributed by atoms with E-state index in [-0.39, 0.29) is 17.7 Å². The van der Waals surface area contributed by atoms with E-state index in [9.17, 15) is 9.59 Å². The van der Waals surface area contributed by atoms with E-state index >= 15 is 0 Å². The number of carboxylic acid groups (broad SMARTS) is 1. The molecule has 1 saturated heterocycles. The largest absolute Gasteiger partial charge is 0.480 e. The Morgan fingerprint density at radius 2 is 2.12 bits per heavy atom. The fraction of sp³-hybridized carbons (Fsp3) is 0.818. The molecule has 1 amide bonds. The lowest BCUT2D eigenvalue weighted by Crippen LogP contribution is -2.46. The summed E-state index contributed by atoms with van der Waals surface area (Å²) >= 11 is 0. The van der Waals surface area contributed by atoms with E-state index in [2.05, 4.69) is 5.32 Å². The number of rotatable bonds is 4. The van der Waals surface area contributed by atoms with Crippen molar-refractivity contribution < 1.29 is 14.7 Å². The van der Waals surface area contributed by atoms with Gasteiger partial charge in [-0.2, -0.15) is 0 Å². The molecule has 16 heavy (non-hydrogen) atoms. The summed E-state index contributed by atoms with van der Waals surface area (Å²) in [5.74, 6) is -0.802. The molecule has 5 nitrogen and oxygen atoms in total. The average Bonchev–Trinajstić information content (AvgIpc) is 2.63. The zero-order valence-electron chi connectivity index (χ0n) is 10.1. The molecule has 0 radical (unpaired) electrons. The molecule has 1 fully saturated rings. The third kappa shape index (κ3) is 2.52. The van der Waals surface area contributed by atoms with Gasteiger partial charge in [-0.25, -0.2) is 4.79 Å². The first kappa shape index (κ1) is 13.0. The third-order valence-electron chi connectivity index (χ3n) is 3.32. The van der Waals surface area contributed by atoms with Crippen molar-refractivity contribution in [2.45, 2.75) is 26.3 Å². The molecule has 1 rings (SSSR count). The topological polar surface area (TPSA) is 69.6 Å². The van der Waals surface area contributed by atoms with Crippen LogP contribution in [0, 0.1) is 11.8 Å². The smallest absolute Gasteiger partial charge is 0.326 e. The van der Waals surface area contributed by atoms with E-state index in [1.165, 1.54) is 4.90 Å². The van der Waals surface area contributed by atoms with Gasteiger partial charge in [0.25, 0.3) is 0 Å². The van der Waals surface area contributed by atoms with Crippen LogP contribution in [0.3, 0.4) is 0 Å². The van der Waals surface area contributed by atoms with Crippen LogP contribution in [0.15, 0.2) is 0 Å². The van der Waals surface area contributed by atoms with Crippen LogP contribution in [-0.4, -0.2) is 48.1 Å². The van der Waals surface area contributed by atoms with Crippen molar-refractivity contribution in [2.24, 2.45) is 11.8 Å². The molecule has 0 saturated carbocycles. The highest BCUT2D eigenvalue weighted by Gasteiger charge is 2.35. The van der Waals surface area contributed by atoms with Crippen LogP contribution < -0.4 is 5.32 Å². The Labute approximate surface area is 95.8 Å². The molecule has 92 valence electrons. The molecule has 0 bridgehead atoms. The standard InChI is InChI=1S/C11H20N2O3/c1-4-9(11(15)16)13(3)10(14)8-6-12-5-7(8)2/h7-9,12H,4-6H2,1-3H3,(H,15,16). The van der Waals surface area contributed by atoms with Crippen LogP contribution in [0.4, 0.5) is 0 Å². The van der Waals surface area contributed by atoms with Gasteiger partial charge >= 0.3 is 5.97 Å². The summed E-state index contributed by atoms with van der Waals surface area (Å²) in [5.41, 5.74) is 0. The van der Waals surface area contributed by atoms with Gasteiger partial charge < -0.3 is 15.3 Å². The molecular weight excluding hydrogens is 208 g/mol. The zero-order valence-corrected chi connectivity index (χ0v) is 10.1. The molecule has 0 spiro atoms. The Balaban J connectivity index is 2.68. The van der Waals surface area contributed by atoms with Crippen LogP contribution in [0.1, 0.15) is 20.3 Å². The Morgan fingerprint density at radius 1 is 1.50 bits per heavy atom. The van der Waals surface area contributed by atoms with Crippen LogP contribution >= 0.6 is 0 Å². The summed E-state index contributed by atoms with van der Waals surface area (Å²) in [6.45, 7) is 5.27. The first-order chi connectivity index (χ1) is 7.49. The summed E-state index contributed by atoms with van der Waals surface area (Å²) in [6, 6.07) is -0.708. The quantitative estimate of drug-likeness (QED) is 0.719. The SMILES string of the molecule is CCC(C(=O)O)N(C)C(=O)C1CNCC1C. The highest BCUT2D eigenvalue weighted by atomic mass is 16.4. The van der Waals surface area contributed by atoms with Crippen molar-refractivity contribution in [3.63, 3.8) is 0 Å². The molecule has 1 aliphatic heterocycles. The van der Waals surface area contributed by atoms with Gasteiger partial charge in [0.1, 0.15) is 6.04 Å². The Hall–Kier alpha value is -1.10. The van der Waals surface area contributed by atoms with Gasteiger partial charge in [0.05, 0.1) is 5.92 Å². The number of amides is 1. The normalized spacial score (nSPS) is 26.4. The van der Waals surface area contributed by atoms with Gasteiger partial charge in [0, 0.05) is 13.6 Å². The lowest BCUT2D eigenvalue weighted by Gasteiger charge is -2.27. The van der Waals surface area contributed by atoms with Crippen molar-refractivity contribution >= 4 is 11.9 Å². The summed E-state index contributed by atoms with van der Waals surface area (Å²) in [7, 11) is 1.58. The van der Waals surface area contributed by atoms with Crippen molar-refractivity contribution in [1.82, 2.24) is 10.2 Å². The molecule has 3 atom stereocenters. The molecule has 0 aliphatic carbocycles. The maximum Gasteiger partial charge on any atom is 0.326 e. The first-order valence-electron chi connectivity index (χ1n) is 5.69. The van der Waals surface area contributed by atoms with Crippen LogP contribution in [-0.2, 0) is 9.59 Å². The summed E-state index contributed by atoms with van der Waals surface area (Å²) in [4.78, 5) is 24.4. The molecule has 0 aromatic carbocycles. The van der Waals surface area contributed by atoms with Crippen LogP contribution in [0.5, 0.6) is 0 Å². The molecule has 0 aromatic rings. The molecule has 5 heteroatoms. The number of carbonyl (C=O) groups excluding carboxylic acids is 1. The van der Waals surface area contributed by atoms with Crippen molar-refractivity contribution in [2.75, 3.05) is 20.1 Å². The number of nitrogens with zero attached hydrogens (tertiary/aromatic N) is 1. The van der Waals surface area contributed by atoms with E-state index in [1.807, 2.05) is 6.92 Å². The number of aliphatic carboxylic acids is 1. The summed E-state index contributed by atoms with van der Waals surface area (Å²) in [6.07, 6.45) is 0.437. The fourth-order valence-electron chi connectivity index (χ4n) is 2.17. The monoisotopic (exact) mass is 228 g/mol. The molecule has 3 unspecified atom stereocenters. The van der Waals surface area contributed by atoms with E-state index < -0.39 is 12.0 Å². The van der Waals surface area contributed by atoms with Gasteiger partial charge in [-0.15, -0.1) is 0 Å². The highest BCUT2D eigenvalue weighted by molar-refractivity contribution is 5.85. The number of likely N-dealkylation sites (N-methyl/N-ethyl adjacent to an activating group) is 1. The Bertz CT molecular complexity index is 280. The van der Waals surface area contributed by atoms with Gasteiger partial charge in [-0.05, 0) is 18.9 Å². The predicted molar refractivity (Wildman–Crippen MR) is 60.0 cm³/mol. The number of hydrogen-bond donors (Lipinski definition) is 2. The fourth-order valence-corrected chi connectivity index (χ4v) is 2.17. The van der Waals surface area contributed by atoms with Gasteiger partial charge in [-0.1, -0.05) is 13.8 Å². The van der Waals surface area contributed by atoms with Gasteiger partial charge in [0.2, 0.25) is 5.91 Å². The second-order valence-corrected chi connectivity index (χ2v) is 4.45. The minimum Gasteiger partial charge on any atom is -0.480 e. The molecule has 1 aliphatic rings. The van der Waals surface area contributed by atoms with E-state index in [1.54, 1.807) is 14.0 Å². The number of carbonyl (C=O) groups is 2. The average molecular weight is 228 g/mol. The molecule has 1 heterocycles. The Kier molecular flexibility index (Phi) is 4.29. The minimum atomic E-state index is -0.933. The highest BCUT2D eigenvalue weighted by Crippen LogP contribution is 2.19. The van der Waals surface area contributed by atoms with E-state index in [0.717, 1.165) is 6.54 Å². The second-order valence-electron chi connectivity index (χ2n) is 4.45. The van der Waals surface area contributed by atoms with Crippen LogP contribution in [0.25, 0.3) is 0 Å². The van der Waals surface area contributed by atoms with E-state index in [4.69, 9.17) is 5.11 Å². The Morgan fingerprint density at radius 3 is 2.50 bits per heavy atom. The predicted octanol–water partition coefficient (Wildman–Crippen LogP) is 0.164. The summed E-state index contributed by atoms with van der Waals surface area (Å²) in [5, 5.41) is 12.1. The van der Waals surface area contributed by atoms with Crippen molar-refractivity contribution in [3.05, 3.63) is 0 Å².